The quantitative estimate of drug-likeness (QED) is 0.810. The molecule has 0 fully saturated rings. The third kappa shape index (κ3) is 6.50. The number of aliphatic hydroxyl groups excluding tert-OH is 1. The molecule has 0 aliphatic heterocycles. The molecule has 6 heteroatoms. The van der Waals surface area contributed by atoms with Crippen LogP contribution < -0.4 is 4.90 Å². The highest BCUT2D eigenvalue weighted by atomic mass is 32.2. The molecule has 0 aliphatic rings. The Bertz CT molecular complexity index is 672. The molecular weight excluding hydrogens is 314 g/mol. The second-order valence-corrected chi connectivity index (χ2v) is 6.87. The monoisotopic (exact) mass is 337 g/mol. The minimum absolute atomic E-state index is 0.185. The highest BCUT2D eigenvalue weighted by molar-refractivity contribution is 7.85. The maximum absolute atomic E-state index is 10.3. The van der Waals surface area contributed by atoms with Gasteiger partial charge in [-0.25, -0.2) is 8.42 Å². The molecule has 0 spiro atoms. The van der Waals surface area contributed by atoms with Gasteiger partial charge in [0.1, 0.15) is 22.3 Å². The number of rotatable bonds is 4. The number of nitrogens with one attached hydrogen (secondary N) is 1. The molecule has 0 amide bonds. The molecule has 0 heterocycles. The fraction of sp³-hybridized carbons (Fsp3) is 0.294. The first-order valence-electron chi connectivity index (χ1n) is 7.27. The standard InChI is InChI=1S/C11H17NO.C6H6O3S/c1-9(12(2)3)11(13)10-7-5-4-6-8-10;7-10(8,9)6-4-2-1-3-5-6/h4-9,11,13H,1-3H3;1-5H,(H,7,8,9)/t9-,11-;/m0./s1. The number of quaternary nitrogens is 1. The first kappa shape index (κ1) is 19.3. The van der Waals surface area contributed by atoms with Crippen LogP contribution in [-0.2, 0) is 10.1 Å². The molecule has 126 valence electrons. The van der Waals surface area contributed by atoms with Gasteiger partial charge in [-0.3, -0.25) is 0 Å². The second kappa shape index (κ2) is 8.79. The SMILES string of the molecule is C[C@@H]([C@H](O)c1ccccc1)[NH+](C)C.O=S(=O)([O-])c1ccccc1. The summed E-state index contributed by atoms with van der Waals surface area (Å²) in [5, 5.41) is 9.94. The number of benzene rings is 2. The van der Waals surface area contributed by atoms with Gasteiger partial charge in [-0.1, -0.05) is 48.5 Å². The molecule has 0 radical (unpaired) electrons. The summed E-state index contributed by atoms with van der Waals surface area (Å²) in [5.41, 5.74) is 0.996. The number of aliphatic hydroxyl groups is 1. The van der Waals surface area contributed by atoms with Gasteiger partial charge in [0.05, 0.1) is 19.0 Å². The van der Waals surface area contributed by atoms with Crippen LogP contribution in [-0.4, -0.2) is 38.2 Å². The summed E-state index contributed by atoms with van der Waals surface area (Å²) in [4.78, 5) is 1.08. The number of likely N-dealkylation sites (N-methyl/N-ethyl adjacent to an activating group) is 1. The van der Waals surface area contributed by atoms with E-state index in [9.17, 15) is 18.1 Å². The van der Waals surface area contributed by atoms with Crippen molar-refractivity contribution in [3.05, 3.63) is 66.2 Å². The predicted octanol–water partition coefficient (Wildman–Crippen LogP) is 0.844. The molecule has 23 heavy (non-hydrogen) atoms. The Morgan fingerprint density at radius 3 is 1.74 bits per heavy atom. The van der Waals surface area contributed by atoms with Gasteiger partial charge in [-0.05, 0) is 24.6 Å². The van der Waals surface area contributed by atoms with Crippen LogP contribution in [0.15, 0.2) is 65.6 Å². The Balaban J connectivity index is 0.000000238. The average Bonchev–Trinajstić information content (AvgIpc) is 2.55. The summed E-state index contributed by atoms with van der Waals surface area (Å²) in [6.45, 7) is 2.05. The fourth-order valence-electron chi connectivity index (χ4n) is 1.84. The first-order chi connectivity index (χ1) is 10.7. The highest BCUT2D eigenvalue weighted by Crippen LogP contribution is 2.13. The zero-order chi connectivity index (χ0) is 17.5. The largest absolute Gasteiger partial charge is 0.744 e. The van der Waals surface area contributed by atoms with Crippen molar-refractivity contribution in [2.75, 3.05) is 14.1 Å². The van der Waals surface area contributed by atoms with Gasteiger partial charge in [0.15, 0.2) is 0 Å². The number of hydrogen-bond donors (Lipinski definition) is 2. The molecule has 2 rings (SSSR count). The maximum atomic E-state index is 10.3. The van der Waals surface area contributed by atoms with Crippen LogP contribution in [0.25, 0.3) is 0 Å². The lowest BCUT2D eigenvalue weighted by molar-refractivity contribution is -0.888. The summed E-state index contributed by atoms with van der Waals surface area (Å²) < 4.78 is 30.8. The van der Waals surface area contributed by atoms with E-state index in [1.54, 1.807) is 6.07 Å². The molecule has 0 saturated heterocycles. The Hall–Kier alpha value is -1.73. The van der Waals surface area contributed by atoms with E-state index in [2.05, 4.69) is 14.1 Å². The zero-order valence-electron chi connectivity index (χ0n) is 13.5. The summed E-state index contributed by atoms with van der Waals surface area (Å²) in [6.07, 6.45) is -0.369. The summed E-state index contributed by atoms with van der Waals surface area (Å²) in [6, 6.07) is 17.2. The van der Waals surface area contributed by atoms with Crippen LogP contribution in [0.2, 0.25) is 0 Å². The molecule has 2 atom stereocenters. The Labute approximate surface area is 138 Å². The second-order valence-electron chi connectivity index (χ2n) is 5.49. The summed E-state index contributed by atoms with van der Waals surface area (Å²) in [7, 11) is -0.148. The normalized spacial score (nSPS) is 13.8. The van der Waals surface area contributed by atoms with Crippen LogP contribution >= 0.6 is 0 Å². The van der Waals surface area contributed by atoms with E-state index in [1.807, 2.05) is 37.3 Å². The van der Waals surface area contributed by atoms with Crippen molar-refractivity contribution in [3.63, 3.8) is 0 Å². The zero-order valence-corrected chi connectivity index (χ0v) is 14.3. The van der Waals surface area contributed by atoms with Gasteiger partial charge in [-0.15, -0.1) is 0 Å². The lowest BCUT2D eigenvalue weighted by atomic mass is 10.0. The van der Waals surface area contributed by atoms with Crippen molar-refractivity contribution in [2.24, 2.45) is 0 Å². The van der Waals surface area contributed by atoms with E-state index in [0.717, 1.165) is 5.56 Å². The van der Waals surface area contributed by atoms with Gasteiger partial charge < -0.3 is 14.6 Å². The lowest BCUT2D eigenvalue weighted by Crippen LogP contribution is -3.10. The minimum Gasteiger partial charge on any atom is -0.744 e. The van der Waals surface area contributed by atoms with Crippen LogP contribution in [0, 0.1) is 0 Å². The molecular formula is C17H23NO4S. The molecule has 5 nitrogen and oxygen atoms in total. The highest BCUT2D eigenvalue weighted by Gasteiger charge is 2.20. The van der Waals surface area contributed by atoms with Crippen LogP contribution in [0.1, 0.15) is 18.6 Å². The lowest BCUT2D eigenvalue weighted by Gasteiger charge is -2.22. The molecule has 2 N–H and O–H groups in total. The molecule has 0 saturated carbocycles. The van der Waals surface area contributed by atoms with Crippen LogP contribution in [0.4, 0.5) is 0 Å². The fourth-order valence-corrected chi connectivity index (χ4v) is 2.33. The minimum atomic E-state index is -4.25. The van der Waals surface area contributed by atoms with Crippen molar-refractivity contribution in [2.45, 2.75) is 24.0 Å². The Kier molecular flexibility index (Phi) is 7.38. The van der Waals surface area contributed by atoms with Gasteiger partial charge in [0.2, 0.25) is 0 Å². The maximum Gasteiger partial charge on any atom is 0.130 e. The first-order valence-corrected chi connectivity index (χ1v) is 8.68. The van der Waals surface area contributed by atoms with Gasteiger partial charge in [0.25, 0.3) is 0 Å². The van der Waals surface area contributed by atoms with Gasteiger partial charge in [-0.2, -0.15) is 0 Å². The van der Waals surface area contributed by atoms with Crippen molar-refractivity contribution >= 4 is 10.1 Å². The van der Waals surface area contributed by atoms with Crippen molar-refractivity contribution in [3.8, 4) is 0 Å². The molecule has 0 unspecified atom stereocenters. The summed E-state index contributed by atoms with van der Waals surface area (Å²) >= 11 is 0. The van der Waals surface area contributed by atoms with E-state index in [4.69, 9.17) is 0 Å². The molecule has 2 aromatic carbocycles. The van der Waals surface area contributed by atoms with Gasteiger partial charge >= 0.3 is 0 Å². The van der Waals surface area contributed by atoms with Crippen LogP contribution in [0.3, 0.4) is 0 Å². The van der Waals surface area contributed by atoms with Crippen molar-refractivity contribution in [1.82, 2.24) is 0 Å². The Morgan fingerprint density at radius 1 is 0.957 bits per heavy atom. The van der Waals surface area contributed by atoms with Crippen LogP contribution in [0.5, 0.6) is 0 Å². The van der Waals surface area contributed by atoms with E-state index in [1.165, 1.54) is 29.2 Å². The van der Waals surface area contributed by atoms with Crippen molar-refractivity contribution < 1.29 is 23.0 Å². The smallest absolute Gasteiger partial charge is 0.130 e. The van der Waals surface area contributed by atoms with E-state index in [-0.39, 0.29) is 17.0 Å². The summed E-state index contributed by atoms with van der Waals surface area (Å²) in [5.74, 6) is 0. The number of hydrogen-bond acceptors (Lipinski definition) is 4. The van der Waals surface area contributed by atoms with E-state index in [0.29, 0.717) is 0 Å². The van der Waals surface area contributed by atoms with Crippen molar-refractivity contribution in [1.29, 1.82) is 0 Å². The van der Waals surface area contributed by atoms with Gasteiger partial charge in [0, 0.05) is 0 Å². The third-order valence-electron chi connectivity index (χ3n) is 3.56. The Morgan fingerprint density at radius 2 is 1.39 bits per heavy atom. The predicted molar refractivity (Wildman–Crippen MR) is 88.1 cm³/mol. The van der Waals surface area contributed by atoms with E-state index >= 15 is 0 Å². The third-order valence-corrected chi connectivity index (χ3v) is 4.41. The molecule has 0 aromatic heterocycles. The molecule has 0 aliphatic carbocycles. The molecule has 2 aromatic rings. The van der Waals surface area contributed by atoms with E-state index < -0.39 is 10.1 Å². The molecule has 0 bridgehead atoms. The topological polar surface area (TPSA) is 81.9 Å². The average molecular weight is 337 g/mol.